The van der Waals surface area contributed by atoms with E-state index in [2.05, 4.69) is 10.1 Å². The predicted molar refractivity (Wildman–Crippen MR) is 149 cm³/mol. The van der Waals surface area contributed by atoms with Crippen molar-refractivity contribution < 1.29 is 30.8 Å². The minimum atomic E-state index is -3.79. The molecule has 0 unspecified atom stereocenters. The quantitative estimate of drug-likeness (QED) is 0.225. The maximum Gasteiger partial charge on any atom is 0.258 e. The average molecular weight is 593 g/mol. The Balaban J connectivity index is 1.14. The van der Waals surface area contributed by atoms with E-state index in [0.717, 1.165) is 17.8 Å². The second kappa shape index (κ2) is 11.3. The van der Waals surface area contributed by atoms with Crippen LogP contribution in [0.5, 0.6) is 11.5 Å². The molecule has 0 N–H and O–H groups in total. The summed E-state index contributed by atoms with van der Waals surface area (Å²) < 4.78 is 79.1. The third-order valence-corrected chi connectivity index (χ3v) is 8.71. The number of aromatic nitrogens is 2. The van der Waals surface area contributed by atoms with E-state index in [4.69, 9.17) is 9.26 Å². The monoisotopic (exact) mass is 592 g/mol. The number of nitrogens with zero attached hydrogens (tertiary/aromatic N) is 4. The molecule has 1 saturated heterocycles. The molecular weight excluding hydrogens is 569 g/mol. The first-order chi connectivity index (χ1) is 20.3. The molecule has 6 rings (SSSR count). The van der Waals surface area contributed by atoms with E-state index in [-0.39, 0.29) is 41.3 Å². The molecule has 0 bridgehead atoms. The number of halogens is 3. The van der Waals surface area contributed by atoms with Crippen LogP contribution in [-0.2, 0) is 10.0 Å². The number of ether oxygens (including phenoxy) is 1. The Morgan fingerprint density at radius 3 is 2.17 bits per heavy atom. The van der Waals surface area contributed by atoms with Crippen molar-refractivity contribution in [2.45, 2.75) is 4.90 Å². The van der Waals surface area contributed by atoms with Crippen LogP contribution in [0, 0.1) is 17.5 Å². The fraction of sp³-hybridized carbons (Fsp3) is 0.133. The Morgan fingerprint density at radius 2 is 1.45 bits per heavy atom. The zero-order valence-electron chi connectivity index (χ0n) is 22.0. The summed E-state index contributed by atoms with van der Waals surface area (Å²) in [5.74, 6) is -1.34. The van der Waals surface area contributed by atoms with Gasteiger partial charge < -0.3 is 14.2 Å². The summed E-state index contributed by atoms with van der Waals surface area (Å²) in [4.78, 5) is 6.54. The Morgan fingerprint density at radius 1 is 0.738 bits per heavy atom. The van der Waals surface area contributed by atoms with Gasteiger partial charge in [0.05, 0.1) is 4.90 Å². The lowest BCUT2D eigenvalue weighted by molar-refractivity contribution is 0.385. The zero-order chi connectivity index (χ0) is 29.3. The fourth-order valence-corrected chi connectivity index (χ4v) is 6.05. The summed E-state index contributed by atoms with van der Waals surface area (Å²) in [6, 6.07) is 22.3. The van der Waals surface area contributed by atoms with Gasteiger partial charge in [-0.2, -0.15) is 9.29 Å². The molecule has 5 aromatic rings. The molecule has 1 aromatic heterocycles. The van der Waals surface area contributed by atoms with E-state index in [0.29, 0.717) is 30.0 Å². The number of benzene rings is 4. The summed E-state index contributed by atoms with van der Waals surface area (Å²) in [6.45, 7) is 1.51. The Kier molecular flexibility index (Phi) is 7.40. The zero-order valence-corrected chi connectivity index (χ0v) is 22.8. The van der Waals surface area contributed by atoms with Crippen LogP contribution in [0.15, 0.2) is 100 Å². The Hall–Kier alpha value is -4.68. The standard InChI is InChI=1S/C30H23F3N4O4S/c31-22-6-8-23(9-7-22)36-14-16-37(17-15-36)42(38,39)26-3-1-2-21(18-26)30-34-29(35-41-30)20-4-10-24(11-5-20)40-25-12-13-27(32)28(33)19-25/h1-13,18-19H,14-17H2. The van der Waals surface area contributed by atoms with Gasteiger partial charge in [-0.25, -0.2) is 21.6 Å². The van der Waals surface area contributed by atoms with Gasteiger partial charge in [0.1, 0.15) is 17.3 Å². The van der Waals surface area contributed by atoms with Crippen molar-refractivity contribution in [3.8, 4) is 34.3 Å². The van der Waals surface area contributed by atoms with E-state index in [9.17, 15) is 21.6 Å². The van der Waals surface area contributed by atoms with E-state index in [1.807, 2.05) is 4.90 Å². The maximum atomic E-state index is 13.4. The van der Waals surface area contributed by atoms with Gasteiger partial charge in [0, 0.05) is 49.1 Å². The van der Waals surface area contributed by atoms with Crippen molar-refractivity contribution in [1.29, 1.82) is 0 Å². The molecule has 0 atom stereocenters. The number of hydrogen-bond donors (Lipinski definition) is 0. The molecule has 0 saturated carbocycles. The van der Waals surface area contributed by atoms with Crippen LogP contribution < -0.4 is 9.64 Å². The minimum absolute atomic E-state index is 0.105. The summed E-state index contributed by atoms with van der Waals surface area (Å²) in [7, 11) is -3.79. The number of rotatable bonds is 7. The molecule has 0 spiro atoms. The first kappa shape index (κ1) is 27.5. The molecule has 2 heterocycles. The molecule has 8 nitrogen and oxygen atoms in total. The molecule has 42 heavy (non-hydrogen) atoms. The number of sulfonamides is 1. The van der Waals surface area contributed by atoms with Crippen LogP contribution in [0.2, 0.25) is 0 Å². The SMILES string of the molecule is O=S(=O)(c1cccc(-c2nc(-c3ccc(Oc4ccc(F)c(F)c4)cc3)no2)c1)N1CCN(c2ccc(F)cc2)CC1. The normalized spacial score (nSPS) is 14.2. The molecule has 12 heteroatoms. The third-order valence-electron chi connectivity index (χ3n) is 6.81. The molecule has 1 aliphatic heterocycles. The van der Waals surface area contributed by atoms with Crippen LogP contribution in [0.25, 0.3) is 22.8 Å². The summed E-state index contributed by atoms with van der Waals surface area (Å²) >= 11 is 0. The van der Waals surface area contributed by atoms with Crippen molar-refractivity contribution in [2.75, 3.05) is 31.1 Å². The molecular formula is C30H23F3N4O4S. The van der Waals surface area contributed by atoms with Crippen molar-refractivity contribution in [2.24, 2.45) is 0 Å². The van der Waals surface area contributed by atoms with Crippen LogP contribution in [0.3, 0.4) is 0 Å². The first-order valence-corrected chi connectivity index (χ1v) is 14.4. The highest BCUT2D eigenvalue weighted by molar-refractivity contribution is 7.89. The predicted octanol–water partition coefficient (Wildman–Crippen LogP) is 6.12. The van der Waals surface area contributed by atoms with E-state index < -0.39 is 21.7 Å². The largest absolute Gasteiger partial charge is 0.457 e. The fourth-order valence-electron chi connectivity index (χ4n) is 4.58. The van der Waals surface area contributed by atoms with Gasteiger partial charge in [-0.05, 0) is 78.9 Å². The van der Waals surface area contributed by atoms with Gasteiger partial charge in [0.25, 0.3) is 5.89 Å². The van der Waals surface area contributed by atoms with Gasteiger partial charge in [0.15, 0.2) is 11.6 Å². The molecule has 0 amide bonds. The number of piperazine rings is 1. The second-order valence-electron chi connectivity index (χ2n) is 9.52. The number of anilines is 1. The molecule has 1 fully saturated rings. The van der Waals surface area contributed by atoms with Crippen molar-refractivity contribution >= 4 is 15.7 Å². The smallest absolute Gasteiger partial charge is 0.258 e. The van der Waals surface area contributed by atoms with Crippen LogP contribution in [0.4, 0.5) is 18.9 Å². The van der Waals surface area contributed by atoms with Gasteiger partial charge >= 0.3 is 0 Å². The lowest BCUT2D eigenvalue weighted by Crippen LogP contribution is -2.48. The van der Waals surface area contributed by atoms with Crippen molar-refractivity contribution in [1.82, 2.24) is 14.4 Å². The van der Waals surface area contributed by atoms with Crippen molar-refractivity contribution in [3.63, 3.8) is 0 Å². The van der Waals surface area contributed by atoms with E-state index in [1.54, 1.807) is 48.5 Å². The highest BCUT2D eigenvalue weighted by Gasteiger charge is 2.29. The average Bonchev–Trinajstić information content (AvgIpc) is 3.51. The lowest BCUT2D eigenvalue weighted by Gasteiger charge is -2.35. The highest BCUT2D eigenvalue weighted by atomic mass is 32.2. The van der Waals surface area contributed by atoms with Crippen LogP contribution >= 0.6 is 0 Å². The Labute approximate surface area is 239 Å². The maximum absolute atomic E-state index is 13.4. The lowest BCUT2D eigenvalue weighted by atomic mass is 10.2. The Bertz CT molecular complexity index is 1820. The third kappa shape index (κ3) is 5.71. The van der Waals surface area contributed by atoms with Gasteiger partial charge in [-0.1, -0.05) is 11.2 Å². The van der Waals surface area contributed by atoms with Crippen molar-refractivity contribution in [3.05, 3.63) is 108 Å². The summed E-state index contributed by atoms with van der Waals surface area (Å²) in [6.07, 6.45) is 0. The van der Waals surface area contributed by atoms with Gasteiger partial charge in [0.2, 0.25) is 15.8 Å². The molecule has 1 aliphatic rings. The molecule has 0 aliphatic carbocycles. The summed E-state index contributed by atoms with van der Waals surface area (Å²) in [5.41, 5.74) is 1.89. The van der Waals surface area contributed by atoms with Gasteiger partial charge in [-0.3, -0.25) is 0 Å². The second-order valence-corrected chi connectivity index (χ2v) is 11.5. The summed E-state index contributed by atoms with van der Waals surface area (Å²) in [5, 5.41) is 4.01. The number of hydrogen-bond acceptors (Lipinski definition) is 7. The molecule has 4 aromatic carbocycles. The first-order valence-electron chi connectivity index (χ1n) is 12.9. The van der Waals surface area contributed by atoms with E-state index in [1.165, 1.54) is 34.6 Å². The van der Waals surface area contributed by atoms with Crippen LogP contribution in [0.1, 0.15) is 0 Å². The molecule has 214 valence electrons. The van der Waals surface area contributed by atoms with E-state index >= 15 is 0 Å². The van der Waals surface area contributed by atoms with Gasteiger partial charge in [-0.15, -0.1) is 0 Å². The van der Waals surface area contributed by atoms with Crippen LogP contribution in [-0.4, -0.2) is 49.0 Å². The minimum Gasteiger partial charge on any atom is -0.457 e. The topological polar surface area (TPSA) is 88.8 Å². The molecule has 0 radical (unpaired) electrons. The highest BCUT2D eigenvalue weighted by Crippen LogP contribution is 2.29.